The summed E-state index contributed by atoms with van der Waals surface area (Å²) in [6, 6.07) is 17.5. The van der Waals surface area contributed by atoms with Crippen LogP contribution in [0.3, 0.4) is 0 Å². The van der Waals surface area contributed by atoms with E-state index in [9.17, 15) is 12.6 Å². The molecule has 0 N–H and O–H groups in total. The average molecular weight is 406 g/mol. The standard InChI is InChI=1S/C19H16ClNO3S2/c1-13-12-17(14-6-4-3-5-7-14)21-19(18(13)26(2,23)24)25(22)16-10-8-15(20)9-11-16/h3-12H,1-2H3. The summed E-state index contributed by atoms with van der Waals surface area (Å²) >= 11 is 5.89. The lowest BCUT2D eigenvalue weighted by molar-refractivity contribution is 0.596. The quantitative estimate of drug-likeness (QED) is 0.649. The highest BCUT2D eigenvalue weighted by Gasteiger charge is 2.24. The molecule has 0 aliphatic heterocycles. The lowest BCUT2D eigenvalue weighted by atomic mass is 10.1. The SMILES string of the molecule is Cc1cc(-c2ccccc2)nc(S(=O)c2ccc(Cl)cc2)c1S(C)(=O)=O. The number of aromatic nitrogens is 1. The van der Waals surface area contributed by atoms with Crippen LogP contribution in [0.4, 0.5) is 0 Å². The molecule has 26 heavy (non-hydrogen) atoms. The molecule has 0 bridgehead atoms. The number of hydrogen-bond acceptors (Lipinski definition) is 4. The van der Waals surface area contributed by atoms with Crippen LogP contribution in [-0.4, -0.2) is 23.9 Å². The smallest absolute Gasteiger partial charge is 0.178 e. The van der Waals surface area contributed by atoms with E-state index in [0.29, 0.717) is 21.2 Å². The number of pyridine rings is 1. The van der Waals surface area contributed by atoms with E-state index in [0.717, 1.165) is 11.8 Å². The fraction of sp³-hybridized carbons (Fsp3) is 0.105. The van der Waals surface area contributed by atoms with E-state index in [1.54, 1.807) is 37.3 Å². The molecule has 0 fully saturated rings. The van der Waals surface area contributed by atoms with Crippen LogP contribution in [0.25, 0.3) is 11.3 Å². The molecule has 1 atom stereocenters. The van der Waals surface area contributed by atoms with Gasteiger partial charge in [-0.15, -0.1) is 0 Å². The average Bonchev–Trinajstić information content (AvgIpc) is 2.60. The number of aryl methyl sites for hydroxylation is 1. The molecule has 3 rings (SSSR count). The molecule has 0 aliphatic rings. The second-order valence-corrected chi connectivity index (χ2v) is 9.60. The molecule has 0 radical (unpaired) electrons. The first-order valence-electron chi connectivity index (χ1n) is 7.72. The third kappa shape index (κ3) is 3.87. The first kappa shape index (κ1) is 18.8. The van der Waals surface area contributed by atoms with E-state index in [2.05, 4.69) is 4.98 Å². The lowest BCUT2D eigenvalue weighted by Gasteiger charge is -2.13. The lowest BCUT2D eigenvalue weighted by Crippen LogP contribution is -2.10. The number of benzene rings is 2. The normalized spacial score (nSPS) is 12.7. The highest BCUT2D eigenvalue weighted by Crippen LogP contribution is 2.30. The van der Waals surface area contributed by atoms with Crippen molar-refractivity contribution < 1.29 is 12.6 Å². The van der Waals surface area contributed by atoms with Crippen LogP contribution < -0.4 is 0 Å². The maximum absolute atomic E-state index is 13.1. The van der Waals surface area contributed by atoms with Crippen molar-refractivity contribution in [3.63, 3.8) is 0 Å². The Morgan fingerprint density at radius 2 is 1.62 bits per heavy atom. The number of nitrogens with zero attached hydrogens (tertiary/aromatic N) is 1. The molecule has 1 heterocycles. The van der Waals surface area contributed by atoms with Gasteiger partial charge in [0.1, 0.15) is 15.7 Å². The minimum absolute atomic E-state index is 0.00506. The molecular formula is C19H16ClNO3S2. The zero-order valence-corrected chi connectivity index (χ0v) is 16.5. The van der Waals surface area contributed by atoms with Crippen molar-refractivity contribution in [3.05, 3.63) is 71.2 Å². The molecule has 4 nitrogen and oxygen atoms in total. The Hall–Kier alpha value is -2.02. The van der Waals surface area contributed by atoms with Crippen molar-refractivity contribution in [3.8, 4) is 11.3 Å². The monoisotopic (exact) mass is 405 g/mol. The fourth-order valence-corrected chi connectivity index (χ4v) is 5.57. The summed E-state index contributed by atoms with van der Waals surface area (Å²) < 4.78 is 37.7. The molecule has 0 saturated carbocycles. The third-order valence-electron chi connectivity index (χ3n) is 3.77. The van der Waals surface area contributed by atoms with Crippen molar-refractivity contribution in [1.29, 1.82) is 0 Å². The van der Waals surface area contributed by atoms with E-state index in [1.165, 1.54) is 0 Å². The predicted molar refractivity (Wildman–Crippen MR) is 104 cm³/mol. The maximum Gasteiger partial charge on any atom is 0.178 e. The molecule has 134 valence electrons. The van der Waals surface area contributed by atoms with Gasteiger partial charge in [-0.25, -0.2) is 17.6 Å². The second-order valence-electron chi connectivity index (χ2n) is 5.82. The maximum atomic E-state index is 13.1. The Morgan fingerprint density at radius 1 is 1.00 bits per heavy atom. The number of halogens is 1. The molecule has 0 spiro atoms. The van der Waals surface area contributed by atoms with Crippen LogP contribution >= 0.6 is 11.6 Å². The number of rotatable bonds is 4. The third-order valence-corrected chi connectivity index (χ3v) is 6.76. The van der Waals surface area contributed by atoms with Crippen molar-refractivity contribution in [2.24, 2.45) is 0 Å². The van der Waals surface area contributed by atoms with Crippen LogP contribution in [0.1, 0.15) is 5.56 Å². The van der Waals surface area contributed by atoms with Gasteiger partial charge in [-0.2, -0.15) is 0 Å². The molecular weight excluding hydrogens is 390 g/mol. The van der Waals surface area contributed by atoms with Gasteiger partial charge in [-0.3, -0.25) is 0 Å². The van der Waals surface area contributed by atoms with Gasteiger partial charge in [0.15, 0.2) is 14.9 Å². The van der Waals surface area contributed by atoms with E-state index < -0.39 is 20.6 Å². The molecule has 3 aromatic rings. The Balaban J connectivity index is 2.25. The van der Waals surface area contributed by atoms with Crippen LogP contribution in [0.5, 0.6) is 0 Å². The zero-order chi connectivity index (χ0) is 18.9. The molecule has 1 unspecified atom stereocenters. The van der Waals surface area contributed by atoms with Gasteiger partial charge < -0.3 is 0 Å². The van der Waals surface area contributed by atoms with Gasteiger partial charge in [-0.05, 0) is 42.8 Å². The molecule has 0 amide bonds. The molecule has 0 saturated heterocycles. The van der Waals surface area contributed by atoms with Crippen molar-refractivity contribution in [2.75, 3.05) is 6.26 Å². The molecule has 2 aromatic carbocycles. The van der Waals surface area contributed by atoms with Gasteiger partial charge in [-0.1, -0.05) is 41.9 Å². The first-order valence-corrected chi connectivity index (χ1v) is 11.1. The molecule has 7 heteroatoms. The summed E-state index contributed by atoms with van der Waals surface area (Å²) in [7, 11) is -5.36. The van der Waals surface area contributed by atoms with Crippen molar-refractivity contribution >= 4 is 32.2 Å². The second kappa shape index (κ2) is 7.31. The van der Waals surface area contributed by atoms with Crippen LogP contribution in [-0.2, 0) is 20.6 Å². The minimum Gasteiger partial charge on any atom is -0.247 e. The summed E-state index contributed by atoms with van der Waals surface area (Å²) in [5.74, 6) is 0. The number of hydrogen-bond donors (Lipinski definition) is 0. The van der Waals surface area contributed by atoms with E-state index >= 15 is 0 Å². The summed E-state index contributed by atoms with van der Waals surface area (Å²) in [4.78, 5) is 4.90. The van der Waals surface area contributed by atoms with Crippen LogP contribution in [0, 0.1) is 6.92 Å². The van der Waals surface area contributed by atoms with Crippen LogP contribution in [0.2, 0.25) is 5.02 Å². The summed E-state index contributed by atoms with van der Waals surface area (Å²) in [5.41, 5.74) is 1.91. The highest BCUT2D eigenvalue weighted by molar-refractivity contribution is 7.92. The Labute approximate surface area is 160 Å². The van der Waals surface area contributed by atoms with Gasteiger partial charge >= 0.3 is 0 Å². The predicted octanol–water partition coefficient (Wildman–Crippen LogP) is 4.28. The fourth-order valence-electron chi connectivity index (χ4n) is 2.64. The van der Waals surface area contributed by atoms with Gasteiger partial charge in [0.25, 0.3) is 0 Å². The number of sulfone groups is 1. The minimum atomic E-state index is -3.61. The Morgan fingerprint density at radius 3 is 2.19 bits per heavy atom. The first-order chi connectivity index (χ1) is 12.3. The van der Waals surface area contributed by atoms with E-state index in [1.807, 2.05) is 30.3 Å². The summed E-state index contributed by atoms with van der Waals surface area (Å²) in [5, 5.41) is 0.546. The summed E-state index contributed by atoms with van der Waals surface area (Å²) in [6.07, 6.45) is 1.10. The Kier molecular flexibility index (Phi) is 5.27. The van der Waals surface area contributed by atoms with Gasteiger partial charge in [0, 0.05) is 21.7 Å². The van der Waals surface area contributed by atoms with Crippen molar-refractivity contribution in [1.82, 2.24) is 4.98 Å². The largest absolute Gasteiger partial charge is 0.247 e. The Bertz CT molecular complexity index is 1080. The highest BCUT2D eigenvalue weighted by atomic mass is 35.5. The van der Waals surface area contributed by atoms with E-state index in [4.69, 9.17) is 11.6 Å². The zero-order valence-electron chi connectivity index (χ0n) is 14.1. The topological polar surface area (TPSA) is 64.1 Å². The van der Waals surface area contributed by atoms with Gasteiger partial charge in [0.05, 0.1) is 5.69 Å². The van der Waals surface area contributed by atoms with Gasteiger partial charge in [0.2, 0.25) is 0 Å². The van der Waals surface area contributed by atoms with E-state index in [-0.39, 0.29) is 9.92 Å². The molecule has 1 aromatic heterocycles. The molecule has 0 aliphatic carbocycles. The van der Waals surface area contributed by atoms with Crippen molar-refractivity contribution in [2.45, 2.75) is 21.7 Å². The van der Waals surface area contributed by atoms with Crippen LogP contribution in [0.15, 0.2) is 75.5 Å². The summed E-state index contributed by atoms with van der Waals surface area (Å²) in [6.45, 7) is 1.69.